The Balaban J connectivity index is 1.61. The number of nitrogens with zero attached hydrogens (tertiary/aromatic N) is 1. The maximum Gasteiger partial charge on any atom is 0.224 e. The van der Waals surface area contributed by atoms with Crippen molar-refractivity contribution in [2.75, 3.05) is 13.1 Å². The molecule has 1 aliphatic heterocycles. The summed E-state index contributed by atoms with van der Waals surface area (Å²) in [6.07, 6.45) is 1.32. The molecule has 28 heavy (non-hydrogen) atoms. The second kappa shape index (κ2) is 9.27. The van der Waals surface area contributed by atoms with Crippen LogP contribution in [0.15, 0.2) is 48.5 Å². The van der Waals surface area contributed by atoms with Crippen molar-refractivity contribution in [1.29, 1.82) is 0 Å². The normalized spacial score (nSPS) is 18.0. The van der Waals surface area contributed by atoms with E-state index in [1.54, 1.807) is 30.3 Å². The molecule has 8 heteroatoms. The first kappa shape index (κ1) is 21.1. The maximum atomic E-state index is 12.8. The van der Waals surface area contributed by atoms with Gasteiger partial charge in [0.2, 0.25) is 15.9 Å². The van der Waals surface area contributed by atoms with E-state index in [0.29, 0.717) is 41.5 Å². The summed E-state index contributed by atoms with van der Waals surface area (Å²) in [5.41, 5.74) is 1.47. The highest BCUT2D eigenvalue weighted by Crippen LogP contribution is 2.23. The topological polar surface area (TPSA) is 66.5 Å². The minimum atomic E-state index is -3.52. The van der Waals surface area contributed by atoms with Gasteiger partial charge in [-0.15, -0.1) is 0 Å². The lowest BCUT2D eigenvalue weighted by atomic mass is 9.99. The highest BCUT2D eigenvalue weighted by atomic mass is 35.5. The third-order valence-electron chi connectivity index (χ3n) is 4.80. The molecular formula is C20H22Cl2N2O3S. The molecule has 5 nitrogen and oxygen atoms in total. The van der Waals surface area contributed by atoms with E-state index in [9.17, 15) is 13.2 Å². The molecule has 0 unspecified atom stereocenters. The van der Waals surface area contributed by atoms with Crippen LogP contribution in [-0.2, 0) is 27.1 Å². The molecule has 1 aliphatic rings. The minimum Gasteiger partial charge on any atom is -0.352 e. The van der Waals surface area contributed by atoms with Gasteiger partial charge in [-0.1, -0.05) is 53.5 Å². The molecule has 1 saturated heterocycles. The third-order valence-corrected chi connectivity index (χ3v) is 7.22. The summed E-state index contributed by atoms with van der Waals surface area (Å²) >= 11 is 12.1. The Morgan fingerprint density at radius 2 is 1.93 bits per heavy atom. The SMILES string of the molecule is O=C(NCc1ccccc1Cl)[C@@H]1CCCN(S(=O)(=O)Cc2cccc(Cl)c2)C1. The molecule has 1 amide bonds. The Hall–Kier alpha value is -1.60. The maximum absolute atomic E-state index is 12.8. The first-order valence-corrected chi connectivity index (χ1v) is 11.4. The zero-order valence-corrected chi connectivity index (χ0v) is 17.6. The van der Waals surface area contributed by atoms with Crippen LogP contribution in [0.4, 0.5) is 0 Å². The minimum absolute atomic E-state index is 0.123. The number of hydrogen-bond acceptors (Lipinski definition) is 3. The summed E-state index contributed by atoms with van der Waals surface area (Å²) in [7, 11) is -3.52. The van der Waals surface area contributed by atoms with E-state index < -0.39 is 10.0 Å². The van der Waals surface area contributed by atoms with E-state index in [1.807, 2.05) is 18.2 Å². The highest BCUT2D eigenvalue weighted by molar-refractivity contribution is 7.88. The summed E-state index contributed by atoms with van der Waals surface area (Å²) in [4.78, 5) is 12.6. The molecule has 0 bridgehead atoms. The fourth-order valence-electron chi connectivity index (χ4n) is 3.31. The van der Waals surface area contributed by atoms with E-state index >= 15 is 0 Å². The molecule has 150 valence electrons. The summed E-state index contributed by atoms with van der Waals surface area (Å²) < 4.78 is 27.0. The van der Waals surface area contributed by atoms with Gasteiger partial charge in [0.05, 0.1) is 11.7 Å². The zero-order chi connectivity index (χ0) is 20.1. The van der Waals surface area contributed by atoms with Crippen LogP contribution in [0.25, 0.3) is 0 Å². The monoisotopic (exact) mass is 440 g/mol. The largest absolute Gasteiger partial charge is 0.352 e. The number of benzene rings is 2. The molecule has 0 aliphatic carbocycles. The van der Waals surface area contributed by atoms with E-state index in [2.05, 4.69) is 5.32 Å². The van der Waals surface area contributed by atoms with Crippen LogP contribution in [0.5, 0.6) is 0 Å². The molecule has 1 heterocycles. The lowest BCUT2D eigenvalue weighted by molar-refractivity contribution is -0.126. The van der Waals surface area contributed by atoms with Crippen molar-refractivity contribution in [2.24, 2.45) is 5.92 Å². The average Bonchev–Trinajstić information content (AvgIpc) is 2.67. The Bertz CT molecular complexity index is 950. The summed E-state index contributed by atoms with van der Waals surface area (Å²) in [6.45, 7) is 0.943. The standard InChI is InChI=1S/C20H22Cl2N2O3S/c21-18-8-3-5-15(11-18)14-28(26,27)24-10-4-7-17(13-24)20(25)23-12-16-6-1-2-9-19(16)22/h1-3,5-6,8-9,11,17H,4,7,10,12-14H2,(H,23,25)/t17-/m1/s1. The number of halogens is 2. The van der Waals surface area contributed by atoms with Gasteiger partial charge >= 0.3 is 0 Å². The lowest BCUT2D eigenvalue weighted by Gasteiger charge is -2.31. The van der Waals surface area contributed by atoms with Gasteiger partial charge in [-0.05, 0) is 42.2 Å². The lowest BCUT2D eigenvalue weighted by Crippen LogP contribution is -2.45. The van der Waals surface area contributed by atoms with E-state index in [-0.39, 0.29) is 24.1 Å². The van der Waals surface area contributed by atoms with E-state index in [1.165, 1.54) is 4.31 Å². The van der Waals surface area contributed by atoms with Crippen LogP contribution in [0.1, 0.15) is 24.0 Å². The van der Waals surface area contributed by atoms with Crippen molar-refractivity contribution in [3.05, 3.63) is 69.7 Å². The molecule has 1 fully saturated rings. The summed E-state index contributed by atoms with van der Waals surface area (Å²) in [6, 6.07) is 14.1. The summed E-state index contributed by atoms with van der Waals surface area (Å²) in [5.74, 6) is -0.644. The molecule has 1 N–H and O–H groups in total. The zero-order valence-electron chi connectivity index (χ0n) is 15.3. The van der Waals surface area contributed by atoms with Crippen LogP contribution in [-0.4, -0.2) is 31.7 Å². The van der Waals surface area contributed by atoms with Gasteiger partial charge in [-0.3, -0.25) is 4.79 Å². The van der Waals surface area contributed by atoms with Gasteiger partial charge in [-0.2, -0.15) is 0 Å². The predicted molar refractivity (Wildman–Crippen MR) is 112 cm³/mol. The second-order valence-corrected chi connectivity index (χ2v) is 9.71. The number of nitrogens with one attached hydrogen (secondary N) is 1. The smallest absolute Gasteiger partial charge is 0.224 e. The Morgan fingerprint density at radius 1 is 1.14 bits per heavy atom. The van der Waals surface area contributed by atoms with E-state index in [4.69, 9.17) is 23.2 Å². The number of sulfonamides is 1. The molecule has 1 atom stereocenters. The Morgan fingerprint density at radius 3 is 2.68 bits per heavy atom. The summed E-state index contributed by atoms with van der Waals surface area (Å²) in [5, 5.41) is 3.97. The first-order chi connectivity index (χ1) is 13.3. The number of amides is 1. The van der Waals surface area contributed by atoms with Crippen LogP contribution in [0.2, 0.25) is 10.0 Å². The number of carbonyl (C=O) groups is 1. The van der Waals surface area contributed by atoms with Crippen molar-refractivity contribution in [1.82, 2.24) is 9.62 Å². The van der Waals surface area contributed by atoms with Crippen molar-refractivity contribution in [2.45, 2.75) is 25.1 Å². The fraction of sp³-hybridized carbons (Fsp3) is 0.350. The predicted octanol–water partition coefficient (Wildman–Crippen LogP) is 3.85. The van der Waals surface area contributed by atoms with Crippen molar-refractivity contribution >= 4 is 39.1 Å². The van der Waals surface area contributed by atoms with Crippen LogP contribution < -0.4 is 5.32 Å². The third kappa shape index (κ3) is 5.47. The molecule has 3 rings (SSSR count). The number of hydrogen-bond donors (Lipinski definition) is 1. The molecule has 0 radical (unpaired) electrons. The number of rotatable bonds is 6. The van der Waals surface area contributed by atoms with Gasteiger partial charge in [0, 0.05) is 29.7 Å². The number of piperidine rings is 1. The molecule has 0 saturated carbocycles. The van der Waals surface area contributed by atoms with E-state index in [0.717, 1.165) is 5.56 Å². The van der Waals surface area contributed by atoms with Crippen molar-refractivity contribution in [3.63, 3.8) is 0 Å². The average molecular weight is 441 g/mol. The van der Waals surface area contributed by atoms with Crippen LogP contribution in [0.3, 0.4) is 0 Å². The quantitative estimate of drug-likeness (QED) is 0.741. The fourth-order valence-corrected chi connectivity index (χ4v) is 5.32. The van der Waals surface area contributed by atoms with Gasteiger partial charge < -0.3 is 5.32 Å². The van der Waals surface area contributed by atoms with Crippen molar-refractivity contribution in [3.8, 4) is 0 Å². The van der Waals surface area contributed by atoms with Crippen molar-refractivity contribution < 1.29 is 13.2 Å². The highest BCUT2D eigenvalue weighted by Gasteiger charge is 2.32. The van der Waals surface area contributed by atoms with Gasteiger partial charge in [0.25, 0.3) is 0 Å². The second-order valence-electron chi connectivity index (χ2n) is 6.89. The Kier molecular flexibility index (Phi) is 6.99. The van der Waals surface area contributed by atoms with Gasteiger partial charge in [-0.25, -0.2) is 12.7 Å². The van der Waals surface area contributed by atoms with Crippen LogP contribution >= 0.6 is 23.2 Å². The van der Waals surface area contributed by atoms with Gasteiger partial charge in [0.15, 0.2) is 0 Å². The molecule has 0 spiro atoms. The first-order valence-electron chi connectivity index (χ1n) is 9.08. The van der Waals surface area contributed by atoms with Crippen LogP contribution in [0, 0.1) is 5.92 Å². The van der Waals surface area contributed by atoms with Gasteiger partial charge in [0.1, 0.15) is 0 Å². The molecule has 0 aromatic heterocycles. The number of carbonyl (C=O) groups excluding carboxylic acids is 1. The Labute approximate surface area is 175 Å². The molecular weight excluding hydrogens is 419 g/mol. The molecule has 2 aromatic carbocycles. The molecule has 2 aromatic rings.